The Labute approximate surface area is 150 Å². The molecule has 0 spiro atoms. The quantitative estimate of drug-likeness (QED) is 0.775. The first-order valence-corrected chi connectivity index (χ1v) is 9.12. The lowest BCUT2D eigenvalue weighted by Gasteiger charge is -2.36. The zero-order chi connectivity index (χ0) is 17.6. The van der Waals surface area contributed by atoms with Crippen molar-refractivity contribution in [1.82, 2.24) is 9.80 Å². The fourth-order valence-electron chi connectivity index (χ4n) is 3.63. The molecule has 1 aromatic rings. The third kappa shape index (κ3) is 4.51. The lowest BCUT2D eigenvalue weighted by Crippen LogP contribution is -2.51. The Hall–Kier alpha value is -1.63. The molecule has 25 heavy (non-hydrogen) atoms. The Balaban J connectivity index is 1.56. The molecule has 2 heterocycles. The van der Waals surface area contributed by atoms with Gasteiger partial charge in [0.1, 0.15) is 5.75 Å². The van der Waals surface area contributed by atoms with Gasteiger partial charge < -0.3 is 14.4 Å². The van der Waals surface area contributed by atoms with Gasteiger partial charge in [-0.3, -0.25) is 14.6 Å². The zero-order valence-electron chi connectivity index (χ0n) is 15.4. The van der Waals surface area contributed by atoms with E-state index >= 15 is 0 Å². The Morgan fingerprint density at radius 1 is 1.08 bits per heavy atom. The highest BCUT2D eigenvalue weighted by Crippen LogP contribution is 2.30. The maximum absolute atomic E-state index is 12.9. The molecule has 2 aliphatic rings. The molecule has 6 nitrogen and oxygen atoms in total. The van der Waals surface area contributed by atoms with Crippen LogP contribution in [0.4, 0.5) is 5.69 Å². The lowest BCUT2D eigenvalue weighted by atomic mass is 10.0. The highest BCUT2D eigenvalue weighted by Gasteiger charge is 2.26. The van der Waals surface area contributed by atoms with E-state index in [0.717, 1.165) is 70.2 Å². The molecule has 0 aromatic heterocycles. The van der Waals surface area contributed by atoms with Gasteiger partial charge >= 0.3 is 0 Å². The normalized spacial score (nSPS) is 18.9. The molecule has 0 radical (unpaired) electrons. The summed E-state index contributed by atoms with van der Waals surface area (Å²) in [5, 5.41) is 0. The van der Waals surface area contributed by atoms with E-state index in [0.29, 0.717) is 6.54 Å². The van der Waals surface area contributed by atoms with Crippen molar-refractivity contribution < 1.29 is 14.3 Å². The number of nitrogens with zero attached hydrogens (tertiary/aromatic N) is 3. The molecule has 6 heteroatoms. The van der Waals surface area contributed by atoms with Gasteiger partial charge in [0.05, 0.1) is 20.3 Å². The molecule has 1 aromatic carbocycles. The Morgan fingerprint density at radius 3 is 2.56 bits per heavy atom. The van der Waals surface area contributed by atoms with Crippen LogP contribution >= 0.6 is 0 Å². The van der Waals surface area contributed by atoms with E-state index in [4.69, 9.17) is 9.47 Å². The molecule has 3 rings (SSSR count). The smallest absolute Gasteiger partial charge is 0.241 e. The number of fused-ring (bicyclic) bond motifs is 1. The standard InChI is InChI=1S/C19H29N3O3/c1-24-13-12-20-8-10-21(11-9-20)15-19(23)22-7-3-4-16-14-17(25-2)5-6-18(16)22/h5-6,14H,3-4,7-13,15H2,1-2H3. The summed E-state index contributed by atoms with van der Waals surface area (Å²) in [5.74, 6) is 1.07. The molecular formula is C19H29N3O3. The van der Waals surface area contributed by atoms with Crippen LogP contribution in [0.5, 0.6) is 5.75 Å². The van der Waals surface area contributed by atoms with E-state index in [1.165, 1.54) is 5.56 Å². The number of ether oxygens (including phenoxy) is 2. The summed E-state index contributed by atoms with van der Waals surface area (Å²) in [6, 6.07) is 6.02. The minimum Gasteiger partial charge on any atom is -0.497 e. The first-order chi connectivity index (χ1) is 12.2. The SMILES string of the molecule is COCCN1CCN(CC(=O)N2CCCc3cc(OC)ccc32)CC1. The summed E-state index contributed by atoms with van der Waals surface area (Å²) >= 11 is 0. The van der Waals surface area contributed by atoms with Crippen molar-refractivity contribution in [3.8, 4) is 5.75 Å². The van der Waals surface area contributed by atoms with Crippen LogP contribution < -0.4 is 9.64 Å². The van der Waals surface area contributed by atoms with Gasteiger partial charge in [-0.25, -0.2) is 0 Å². The van der Waals surface area contributed by atoms with Gasteiger partial charge in [-0.15, -0.1) is 0 Å². The average Bonchev–Trinajstić information content (AvgIpc) is 2.66. The molecule has 0 bridgehead atoms. The Kier molecular flexibility index (Phi) is 6.29. The number of carbonyl (C=O) groups is 1. The monoisotopic (exact) mass is 347 g/mol. The van der Waals surface area contributed by atoms with Crippen molar-refractivity contribution in [2.24, 2.45) is 0 Å². The first-order valence-electron chi connectivity index (χ1n) is 9.12. The average molecular weight is 347 g/mol. The summed E-state index contributed by atoms with van der Waals surface area (Å²) in [6.07, 6.45) is 2.02. The van der Waals surface area contributed by atoms with E-state index in [2.05, 4.69) is 15.9 Å². The van der Waals surface area contributed by atoms with Crippen molar-refractivity contribution in [2.75, 3.05) is 71.5 Å². The van der Waals surface area contributed by atoms with Crippen LogP contribution in [-0.4, -0.2) is 82.3 Å². The minimum absolute atomic E-state index is 0.205. The molecule has 0 saturated carbocycles. The first kappa shape index (κ1) is 18.2. The largest absolute Gasteiger partial charge is 0.497 e. The fraction of sp³-hybridized carbons (Fsp3) is 0.632. The van der Waals surface area contributed by atoms with Crippen molar-refractivity contribution in [3.05, 3.63) is 23.8 Å². The second-order valence-corrected chi connectivity index (χ2v) is 6.75. The Morgan fingerprint density at radius 2 is 1.84 bits per heavy atom. The Bertz CT molecular complexity index is 585. The maximum atomic E-state index is 12.9. The van der Waals surface area contributed by atoms with Crippen molar-refractivity contribution in [3.63, 3.8) is 0 Å². The van der Waals surface area contributed by atoms with Crippen LogP contribution in [0.25, 0.3) is 0 Å². The highest BCUT2D eigenvalue weighted by molar-refractivity contribution is 5.96. The van der Waals surface area contributed by atoms with E-state index in [-0.39, 0.29) is 5.91 Å². The van der Waals surface area contributed by atoms with Crippen LogP contribution in [-0.2, 0) is 16.0 Å². The summed E-state index contributed by atoms with van der Waals surface area (Å²) in [7, 11) is 3.42. The van der Waals surface area contributed by atoms with Gasteiger partial charge in [0, 0.05) is 52.1 Å². The summed E-state index contributed by atoms with van der Waals surface area (Å²) in [4.78, 5) is 19.5. The lowest BCUT2D eigenvalue weighted by molar-refractivity contribution is -0.120. The number of hydrogen-bond acceptors (Lipinski definition) is 5. The van der Waals surface area contributed by atoms with E-state index in [1.54, 1.807) is 14.2 Å². The van der Waals surface area contributed by atoms with E-state index in [1.807, 2.05) is 17.0 Å². The number of benzene rings is 1. The van der Waals surface area contributed by atoms with Crippen molar-refractivity contribution >= 4 is 11.6 Å². The predicted molar refractivity (Wildman–Crippen MR) is 98.4 cm³/mol. The topological polar surface area (TPSA) is 45.2 Å². The van der Waals surface area contributed by atoms with Gasteiger partial charge in [-0.2, -0.15) is 0 Å². The third-order valence-corrected chi connectivity index (χ3v) is 5.14. The van der Waals surface area contributed by atoms with Gasteiger partial charge in [-0.1, -0.05) is 0 Å². The minimum atomic E-state index is 0.205. The number of aryl methyl sites for hydroxylation is 1. The molecule has 138 valence electrons. The number of amides is 1. The molecule has 2 aliphatic heterocycles. The molecule has 0 aliphatic carbocycles. The zero-order valence-corrected chi connectivity index (χ0v) is 15.4. The molecular weight excluding hydrogens is 318 g/mol. The van der Waals surface area contributed by atoms with Crippen LogP contribution in [0, 0.1) is 0 Å². The number of carbonyl (C=O) groups excluding carboxylic acids is 1. The van der Waals surface area contributed by atoms with Crippen LogP contribution in [0.1, 0.15) is 12.0 Å². The second-order valence-electron chi connectivity index (χ2n) is 6.75. The molecule has 1 amide bonds. The van der Waals surface area contributed by atoms with Gasteiger partial charge in [0.25, 0.3) is 0 Å². The van der Waals surface area contributed by atoms with Crippen LogP contribution in [0.2, 0.25) is 0 Å². The van der Waals surface area contributed by atoms with Crippen LogP contribution in [0.15, 0.2) is 18.2 Å². The number of hydrogen-bond donors (Lipinski definition) is 0. The molecule has 1 saturated heterocycles. The van der Waals surface area contributed by atoms with E-state index in [9.17, 15) is 4.79 Å². The number of anilines is 1. The summed E-state index contributed by atoms with van der Waals surface area (Å²) < 4.78 is 10.5. The predicted octanol–water partition coefficient (Wildman–Crippen LogP) is 1.24. The molecule has 0 atom stereocenters. The summed E-state index contributed by atoms with van der Waals surface area (Å²) in [5.41, 5.74) is 2.26. The summed E-state index contributed by atoms with van der Waals surface area (Å²) in [6.45, 7) is 6.95. The molecule has 0 N–H and O–H groups in total. The van der Waals surface area contributed by atoms with Crippen molar-refractivity contribution in [2.45, 2.75) is 12.8 Å². The van der Waals surface area contributed by atoms with Gasteiger partial charge in [0.2, 0.25) is 5.91 Å². The maximum Gasteiger partial charge on any atom is 0.241 e. The molecule has 0 unspecified atom stereocenters. The highest BCUT2D eigenvalue weighted by atomic mass is 16.5. The van der Waals surface area contributed by atoms with Crippen LogP contribution in [0.3, 0.4) is 0 Å². The number of piperazine rings is 1. The fourth-order valence-corrected chi connectivity index (χ4v) is 3.63. The van der Waals surface area contributed by atoms with Gasteiger partial charge in [0.15, 0.2) is 0 Å². The van der Waals surface area contributed by atoms with E-state index < -0.39 is 0 Å². The second kappa shape index (κ2) is 8.65. The number of methoxy groups -OCH3 is 2. The third-order valence-electron chi connectivity index (χ3n) is 5.14. The number of rotatable bonds is 6. The van der Waals surface area contributed by atoms with Crippen molar-refractivity contribution in [1.29, 1.82) is 0 Å². The molecule has 1 fully saturated rings. The van der Waals surface area contributed by atoms with Gasteiger partial charge in [-0.05, 0) is 36.6 Å².